The van der Waals surface area contributed by atoms with E-state index in [0.717, 1.165) is 24.2 Å². The van der Waals surface area contributed by atoms with Crippen LogP contribution in [0.4, 0.5) is 0 Å². The first-order valence-electron chi connectivity index (χ1n) is 13.6. The van der Waals surface area contributed by atoms with Gasteiger partial charge in [0.1, 0.15) is 5.78 Å². The van der Waals surface area contributed by atoms with Crippen LogP contribution in [0.1, 0.15) is 92.9 Å². The molecular formula is C29H50O2Si. The highest BCUT2D eigenvalue weighted by molar-refractivity contribution is 6.74. The molecule has 32 heavy (non-hydrogen) atoms. The van der Waals surface area contributed by atoms with Crippen LogP contribution < -0.4 is 0 Å². The van der Waals surface area contributed by atoms with Crippen LogP contribution in [0.5, 0.6) is 0 Å². The lowest BCUT2D eigenvalue weighted by molar-refractivity contribution is -0.129. The Kier molecular flexibility index (Phi) is 6.23. The van der Waals surface area contributed by atoms with E-state index in [9.17, 15) is 4.79 Å². The van der Waals surface area contributed by atoms with Crippen LogP contribution in [0.3, 0.4) is 0 Å². The van der Waals surface area contributed by atoms with Gasteiger partial charge in [-0.1, -0.05) is 47.6 Å². The number of Topliss-reactive ketones (excluding diaryl/α,β-unsaturated/α-hetero) is 1. The smallest absolute Gasteiger partial charge is 0.192 e. The quantitative estimate of drug-likeness (QED) is 0.315. The second kappa shape index (κ2) is 8.07. The number of carbonyl (C=O) groups excluding carboxylic acids is 1. The lowest BCUT2D eigenvalue weighted by Gasteiger charge is -2.61. The van der Waals surface area contributed by atoms with Crippen molar-refractivity contribution in [3.8, 4) is 0 Å². The lowest BCUT2D eigenvalue weighted by Crippen LogP contribution is -2.55. The maximum absolute atomic E-state index is 13.2. The minimum Gasteiger partial charge on any atom is -0.414 e. The monoisotopic (exact) mass is 458 g/mol. The summed E-state index contributed by atoms with van der Waals surface area (Å²) < 4.78 is 6.91. The van der Waals surface area contributed by atoms with Crippen molar-refractivity contribution in [2.45, 2.75) is 117 Å². The fraction of sp³-hybridized carbons (Fsp3) is 0.897. The van der Waals surface area contributed by atoms with Gasteiger partial charge in [0.05, 0.1) is 0 Å². The molecule has 0 amide bonds. The fourth-order valence-electron chi connectivity index (χ4n) is 8.78. The Morgan fingerprint density at radius 2 is 1.72 bits per heavy atom. The standard InChI is InChI=1S/C29H50O2Si/c1-10-19(2)26-25(30)18-24-22-12-11-20-17-21(31-32(8,9)27(3,4)5)13-15-28(20,6)23(22)14-16-29(24,26)7/h10,19-24,26H,1,11-18H2,2-9H3/t19-,20+,21+,22-,23+,24+,26+,28+,29+/m1/s1. The predicted octanol–water partition coefficient (Wildman–Crippen LogP) is 8.04. The van der Waals surface area contributed by atoms with Gasteiger partial charge < -0.3 is 4.43 Å². The summed E-state index contributed by atoms with van der Waals surface area (Å²) in [7, 11) is -1.71. The SMILES string of the molecule is C=C[C@@H](C)[C@H]1C(=O)C[C@H]2[C@@H]3CC[C@H]4C[C@@H](O[Si](C)(C)C(C)(C)C)CC[C@]4(C)[C@H]3CC[C@]12C. The first-order chi connectivity index (χ1) is 14.7. The van der Waals surface area contributed by atoms with Crippen molar-refractivity contribution in [1.82, 2.24) is 0 Å². The fourth-order valence-corrected chi connectivity index (χ4v) is 10.2. The zero-order chi connectivity index (χ0) is 23.7. The molecule has 4 aliphatic carbocycles. The first kappa shape index (κ1) is 24.7. The van der Waals surface area contributed by atoms with Gasteiger partial charge in [-0.3, -0.25) is 4.79 Å². The molecule has 9 atom stereocenters. The van der Waals surface area contributed by atoms with E-state index in [0.29, 0.717) is 29.1 Å². The molecule has 3 heteroatoms. The van der Waals surface area contributed by atoms with Gasteiger partial charge in [0, 0.05) is 18.4 Å². The van der Waals surface area contributed by atoms with Gasteiger partial charge in [0.15, 0.2) is 8.32 Å². The van der Waals surface area contributed by atoms with E-state index in [1.54, 1.807) is 0 Å². The van der Waals surface area contributed by atoms with Crippen molar-refractivity contribution in [2.75, 3.05) is 0 Å². The number of ketones is 1. The molecule has 0 radical (unpaired) electrons. The molecule has 0 aromatic heterocycles. The number of hydrogen-bond donors (Lipinski definition) is 0. The highest BCUT2D eigenvalue weighted by atomic mass is 28.4. The molecule has 0 aromatic carbocycles. The van der Waals surface area contributed by atoms with Crippen LogP contribution in [-0.2, 0) is 9.22 Å². The van der Waals surface area contributed by atoms with Crippen LogP contribution in [-0.4, -0.2) is 20.2 Å². The van der Waals surface area contributed by atoms with Crippen molar-refractivity contribution < 1.29 is 9.22 Å². The molecule has 0 N–H and O–H groups in total. The number of carbonyl (C=O) groups is 1. The molecule has 0 saturated heterocycles. The number of allylic oxidation sites excluding steroid dienone is 1. The third-order valence-corrected chi connectivity index (χ3v) is 16.2. The summed E-state index contributed by atoms with van der Waals surface area (Å²) >= 11 is 0. The second-order valence-electron chi connectivity index (χ2n) is 14.2. The van der Waals surface area contributed by atoms with Crippen molar-refractivity contribution in [3.63, 3.8) is 0 Å². The minimum atomic E-state index is -1.71. The Balaban J connectivity index is 1.51. The van der Waals surface area contributed by atoms with Crippen LogP contribution in [0.25, 0.3) is 0 Å². The van der Waals surface area contributed by atoms with Gasteiger partial charge in [-0.25, -0.2) is 0 Å². The maximum atomic E-state index is 13.2. The van der Waals surface area contributed by atoms with E-state index in [-0.39, 0.29) is 16.4 Å². The minimum absolute atomic E-state index is 0.192. The van der Waals surface area contributed by atoms with Gasteiger partial charge in [-0.05, 0) is 103 Å². The Hall–Kier alpha value is -0.413. The summed E-state index contributed by atoms with van der Waals surface area (Å²) in [6.45, 7) is 23.3. The van der Waals surface area contributed by atoms with E-state index in [1.165, 1.54) is 44.9 Å². The van der Waals surface area contributed by atoms with E-state index in [4.69, 9.17) is 4.43 Å². The summed E-state index contributed by atoms with van der Waals surface area (Å²) in [5, 5.41) is 0.285. The Labute approximate surface area is 199 Å². The van der Waals surface area contributed by atoms with E-state index in [1.807, 2.05) is 6.08 Å². The molecule has 0 aromatic rings. The molecule has 4 aliphatic rings. The van der Waals surface area contributed by atoms with Crippen molar-refractivity contribution in [3.05, 3.63) is 12.7 Å². The van der Waals surface area contributed by atoms with Crippen LogP contribution >= 0.6 is 0 Å². The highest BCUT2D eigenvalue weighted by Crippen LogP contribution is 2.67. The molecule has 0 aliphatic heterocycles. The molecule has 2 nitrogen and oxygen atoms in total. The van der Waals surface area contributed by atoms with Crippen molar-refractivity contribution >= 4 is 14.1 Å². The Bertz CT molecular complexity index is 751. The largest absolute Gasteiger partial charge is 0.414 e. The summed E-state index contributed by atoms with van der Waals surface area (Å²) in [5.41, 5.74) is 0.639. The summed E-state index contributed by atoms with van der Waals surface area (Å²) in [6, 6.07) is 0. The van der Waals surface area contributed by atoms with Crippen LogP contribution in [0.15, 0.2) is 12.7 Å². The zero-order valence-corrected chi connectivity index (χ0v) is 23.3. The summed E-state index contributed by atoms with van der Waals surface area (Å²) in [5.74, 6) is 3.99. The van der Waals surface area contributed by atoms with Crippen molar-refractivity contribution in [2.24, 2.45) is 46.3 Å². The van der Waals surface area contributed by atoms with E-state index < -0.39 is 8.32 Å². The number of hydrogen-bond acceptors (Lipinski definition) is 2. The van der Waals surface area contributed by atoms with E-state index in [2.05, 4.69) is 61.2 Å². The third kappa shape index (κ3) is 3.72. The van der Waals surface area contributed by atoms with Gasteiger partial charge in [-0.2, -0.15) is 0 Å². The normalized spacial score (nSPS) is 45.6. The van der Waals surface area contributed by atoms with Crippen molar-refractivity contribution in [1.29, 1.82) is 0 Å². The van der Waals surface area contributed by atoms with Gasteiger partial charge in [-0.15, -0.1) is 6.58 Å². The van der Waals surface area contributed by atoms with Crippen LogP contribution in [0.2, 0.25) is 18.1 Å². The zero-order valence-electron chi connectivity index (χ0n) is 22.3. The molecule has 4 fully saturated rings. The lowest BCUT2D eigenvalue weighted by atomic mass is 9.44. The number of rotatable bonds is 4. The number of fused-ring (bicyclic) bond motifs is 5. The molecule has 4 rings (SSSR count). The highest BCUT2D eigenvalue weighted by Gasteiger charge is 2.63. The average Bonchev–Trinajstić information content (AvgIpc) is 2.96. The molecule has 182 valence electrons. The first-order valence-corrected chi connectivity index (χ1v) is 16.5. The summed E-state index contributed by atoms with van der Waals surface area (Å²) in [6.07, 6.45) is 12.4. The molecular weight excluding hydrogens is 408 g/mol. The van der Waals surface area contributed by atoms with Gasteiger partial charge in [0.25, 0.3) is 0 Å². The van der Waals surface area contributed by atoms with Gasteiger partial charge >= 0.3 is 0 Å². The summed E-state index contributed by atoms with van der Waals surface area (Å²) in [4.78, 5) is 13.2. The van der Waals surface area contributed by atoms with Crippen LogP contribution in [0, 0.1) is 46.3 Å². The Morgan fingerprint density at radius 1 is 1.06 bits per heavy atom. The third-order valence-electron chi connectivity index (χ3n) is 11.7. The molecule has 0 unspecified atom stereocenters. The van der Waals surface area contributed by atoms with E-state index >= 15 is 0 Å². The molecule has 0 heterocycles. The molecule has 0 spiro atoms. The second-order valence-corrected chi connectivity index (χ2v) is 19.0. The Morgan fingerprint density at radius 3 is 2.34 bits per heavy atom. The topological polar surface area (TPSA) is 26.3 Å². The molecule has 0 bridgehead atoms. The predicted molar refractivity (Wildman–Crippen MR) is 137 cm³/mol. The maximum Gasteiger partial charge on any atom is 0.192 e. The molecule has 4 saturated carbocycles. The van der Waals surface area contributed by atoms with Gasteiger partial charge in [0.2, 0.25) is 0 Å². The average molecular weight is 459 g/mol.